The van der Waals surface area contributed by atoms with Crippen molar-refractivity contribution in [3.63, 3.8) is 0 Å². The monoisotopic (exact) mass is 289 g/mol. The third-order valence-electron chi connectivity index (χ3n) is 2.30. The molecule has 0 saturated carbocycles. The van der Waals surface area contributed by atoms with E-state index >= 15 is 0 Å². The largest absolute Gasteiger partial charge is 0.370 e. The lowest BCUT2D eigenvalue weighted by atomic mass is 10.1. The average molecular weight is 289 g/mol. The van der Waals surface area contributed by atoms with Crippen LogP contribution >= 0.6 is 12.2 Å². The Balaban J connectivity index is 4.13. The molecule has 2 amide bonds. The summed E-state index contributed by atoms with van der Waals surface area (Å²) in [7, 11) is 3.30. The Morgan fingerprint density at radius 3 is 2.53 bits per heavy atom. The smallest absolute Gasteiger partial charge is 0.314 e. The highest BCUT2D eigenvalue weighted by Gasteiger charge is 2.10. The molecule has 9 heteroatoms. The van der Waals surface area contributed by atoms with Gasteiger partial charge in [-0.1, -0.05) is 0 Å². The number of rotatable bonds is 7. The minimum Gasteiger partial charge on any atom is -0.370 e. The van der Waals surface area contributed by atoms with Crippen LogP contribution in [0.4, 0.5) is 4.79 Å². The van der Waals surface area contributed by atoms with Crippen molar-refractivity contribution in [2.24, 2.45) is 16.5 Å². The minimum atomic E-state index is -0.230. The molecule has 0 unspecified atom stereocenters. The van der Waals surface area contributed by atoms with Crippen molar-refractivity contribution >= 4 is 29.3 Å². The van der Waals surface area contributed by atoms with E-state index in [0.29, 0.717) is 18.2 Å². The van der Waals surface area contributed by atoms with Crippen LogP contribution in [0.2, 0.25) is 0 Å². The van der Waals surface area contributed by atoms with Gasteiger partial charge in [0.25, 0.3) is 0 Å². The maximum Gasteiger partial charge on any atom is 0.314 e. The zero-order valence-corrected chi connectivity index (χ0v) is 12.1. The van der Waals surface area contributed by atoms with E-state index in [9.17, 15) is 4.79 Å². The quantitative estimate of drug-likeness (QED) is 0.145. The number of aliphatic imine (C=N–C) groups is 1. The Kier molecular flexibility index (Phi) is 9.23. The molecule has 0 aromatic carbocycles. The van der Waals surface area contributed by atoms with E-state index in [1.165, 1.54) is 0 Å². The Morgan fingerprint density at radius 2 is 2.00 bits per heavy atom. The molecule has 0 aliphatic heterocycles. The SMILES string of the molecule is CNC(=O)NC[C@H](CCCN=C(N)N)NC(=S)NC. The Labute approximate surface area is 118 Å². The van der Waals surface area contributed by atoms with Gasteiger partial charge in [0.2, 0.25) is 0 Å². The van der Waals surface area contributed by atoms with Crippen molar-refractivity contribution in [3.8, 4) is 0 Å². The molecule has 0 aromatic heterocycles. The van der Waals surface area contributed by atoms with E-state index in [1.807, 2.05) is 0 Å². The number of carbonyl (C=O) groups excluding carboxylic acids is 1. The number of thiocarbonyl (C=S) groups is 1. The predicted molar refractivity (Wildman–Crippen MR) is 81.0 cm³/mol. The van der Waals surface area contributed by atoms with Gasteiger partial charge in [0.15, 0.2) is 11.1 Å². The van der Waals surface area contributed by atoms with Crippen LogP contribution in [0.5, 0.6) is 0 Å². The zero-order valence-electron chi connectivity index (χ0n) is 11.3. The molecule has 0 aliphatic rings. The second-order valence-corrected chi connectivity index (χ2v) is 4.24. The van der Waals surface area contributed by atoms with Crippen molar-refractivity contribution in [2.75, 3.05) is 27.2 Å². The Bertz CT molecular complexity index is 317. The molecule has 0 rings (SSSR count). The van der Waals surface area contributed by atoms with Crippen molar-refractivity contribution in [2.45, 2.75) is 18.9 Å². The third kappa shape index (κ3) is 9.89. The highest BCUT2D eigenvalue weighted by molar-refractivity contribution is 7.80. The van der Waals surface area contributed by atoms with Crippen molar-refractivity contribution in [3.05, 3.63) is 0 Å². The molecule has 0 fully saturated rings. The molecule has 110 valence electrons. The van der Waals surface area contributed by atoms with Crippen LogP contribution in [0, 0.1) is 0 Å². The number of hydrogen-bond donors (Lipinski definition) is 6. The fourth-order valence-electron chi connectivity index (χ4n) is 1.33. The van der Waals surface area contributed by atoms with E-state index in [4.69, 9.17) is 23.7 Å². The fourth-order valence-corrected chi connectivity index (χ4v) is 1.50. The third-order valence-corrected chi connectivity index (χ3v) is 2.63. The average Bonchev–Trinajstić information content (AvgIpc) is 2.39. The molecule has 1 atom stereocenters. The second-order valence-electron chi connectivity index (χ2n) is 3.83. The molecule has 0 bridgehead atoms. The first kappa shape index (κ1) is 17.2. The van der Waals surface area contributed by atoms with Crippen molar-refractivity contribution in [1.29, 1.82) is 0 Å². The molecular weight excluding hydrogens is 266 g/mol. The number of urea groups is 1. The van der Waals surface area contributed by atoms with Gasteiger partial charge in [0, 0.05) is 33.2 Å². The van der Waals surface area contributed by atoms with E-state index < -0.39 is 0 Å². The minimum absolute atomic E-state index is 0.0199. The summed E-state index contributed by atoms with van der Waals surface area (Å²) in [4.78, 5) is 15.0. The number of guanidine groups is 1. The Morgan fingerprint density at radius 1 is 1.32 bits per heavy atom. The first-order valence-corrected chi connectivity index (χ1v) is 6.39. The fraction of sp³-hybridized carbons (Fsp3) is 0.700. The predicted octanol–water partition coefficient (Wildman–Crippen LogP) is -1.57. The van der Waals surface area contributed by atoms with Crippen molar-refractivity contribution in [1.82, 2.24) is 21.3 Å². The first-order chi connectivity index (χ1) is 8.99. The standard InChI is InChI=1S/C10H23N7OS/c1-13-9(18)16-6-7(17-10(19)14-2)4-3-5-15-8(11)12/h7H,3-6H2,1-2H3,(H4,11,12,15)(H2,13,16,18)(H2,14,17,19)/t7-/m0/s1. The van der Waals surface area contributed by atoms with Crippen molar-refractivity contribution < 1.29 is 4.79 Å². The number of carbonyl (C=O) groups is 1. The molecule has 0 radical (unpaired) electrons. The van der Waals surface area contributed by atoms with Crippen LogP contribution in [0.25, 0.3) is 0 Å². The highest BCUT2D eigenvalue weighted by atomic mass is 32.1. The molecule has 0 aliphatic carbocycles. The molecule has 0 heterocycles. The maximum atomic E-state index is 11.1. The lowest BCUT2D eigenvalue weighted by Crippen LogP contribution is -2.48. The summed E-state index contributed by atoms with van der Waals surface area (Å²) in [5.41, 5.74) is 10.5. The summed E-state index contributed by atoms with van der Waals surface area (Å²) in [5.74, 6) is 0.0822. The number of amides is 2. The summed E-state index contributed by atoms with van der Waals surface area (Å²) >= 11 is 5.04. The molecule has 0 spiro atoms. The van der Waals surface area contributed by atoms with Crippen LogP contribution in [-0.2, 0) is 0 Å². The number of nitrogens with zero attached hydrogens (tertiary/aromatic N) is 1. The number of nitrogens with two attached hydrogens (primary N) is 2. The number of hydrogen-bond acceptors (Lipinski definition) is 3. The van der Waals surface area contributed by atoms with Crippen LogP contribution < -0.4 is 32.7 Å². The molecule has 0 aromatic rings. The zero-order chi connectivity index (χ0) is 14.7. The summed E-state index contributed by atoms with van der Waals surface area (Å²) < 4.78 is 0. The lowest BCUT2D eigenvalue weighted by molar-refractivity contribution is 0.241. The van der Waals surface area contributed by atoms with E-state index in [-0.39, 0.29) is 18.0 Å². The first-order valence-electron chi connectivity index (χ1n) is 5.98. The van der Waals surface area contributed by atoms with Gasteiger partial charge in [0.1, 0.15) is 0 Å². The van der Waals surface area contributed by atoms with Gasteiger partial charge in [-0.2, -0.15) is 0 Å². The maximum absolute atomic E-state index is 11.1. The Hall–Kier alpha value is -1.77. The lowest BCUT2D eigenvalue weighted by Gasteiger charge is -2.20. The summed E-state index contributed by atoms with van der Waals surface area (Å²) in [5, 5.41) is 11.7. The van der Waals surface area contributed by atoms with Crippen LogP contribution in [0.3, 0.4) is 0 Å². The normalized spacial score (nSPS) is 11.1. The highest BCUT2D eigenvalue weighted by Crippen LogP contribution is 1.97. The summed E-state index contributed by atoms with van der Waals surface area (Å²) in [6, 6.07) is -0.210. The van der Waals surface area contributed by atoms with Gasteiger partial charge >= 0.3 is 6.03 Å². The van der Waals surface area contributed by atoms with Crippen LogP contribution in [0.15, 0.2) is 4.99 Å². The molecule has 0 saturated heterocycles. The van der Waals surface area contributed by atoms with Gasteiger partial charge in [-0.15, -0.1) is 0 Å². The summed E-state index contributed by atoms with van der Waals surface area (Å²) in [6.45, 7) is 1.01. The second kappa shape index (κ2) is 10.2. The van der Waals surface area contributed by atoms with Gasteiger partial charge in [-0.25, -0.2) is 4.79 Å². The number of nitrogens with one attached hydrogen (secondary N) is 4. The van der Waals surface area contributed by atoms with Crippen LogP contribution in [0.1, 0.15) is 12.8 Å². The van der Waals surface area contributed by atoms with E-state index in [2.05, 4.69) is 26.3 Å². The molecular formula is C10H23N7OS. The van der Waals surface area contributed by atoms with Gasteiger partial charge in [-0.3, -0.25) is 4.99 Å². The van der Waals surface area contributed by atoms with Gasteiger partial charge < -0.3 is 32.7 Å². The van der Waals surface area contributed by atoms with E-state index in [1.54, 1.807) is 14.1 Å². The molecule has 19 heavy (non-hydrogen) atoms. The van der Waals surface area contributed by atoms with Crippen LogP contribution in [-0.4, -0.2) is 50.3 Å². The van der Waals surface area contributed by atoms with E-state index in [0.717, 1.165) is 12.8 Å². The summed E-state index contributed by atoms with van der Waals surface area (Å²) in [6.07, 6.45) is 1.57. The van der Waals surface area contributed by atoms with Gasteiger partial charge in [-0.05, 0) is 25.1 Å². The molecule has 8 nitrogen and oxygen atoms in total. The topological polar surface area (TPSA) is 130 Å². The van der Waals surface area contributed by atoms with Gasteiger partial charge in [0.05, 0.1) is 0 Å². The molecule has 8 N–H and O–H groups in total.